The van der Waals surface area contributed by atoms with Crippen molar-refractivity contribution in [3.05, 3.63) is 42.0 Å². The lowest BCUT2D eigenvalue weighted by Gasteiger charge is -2.14. The highest BCUT2D eigenvalue weighted by Gasteiger charge is 2.00. The summed E-state index contributed by atoms with van der Waals surface area (Å²) in [6.45, 7) is -0.289. The van der Waals surface area contributed by atoms with Crippen molar-refractivity contribution in [3.63, 3.8) is 0 Å². The van der Waals surface area contributed by atoms with Gasteiger partial charge in [0.05, 0.1) is 18.0 Å². The van der Waals surface area contributed by atoms with Gasteiger partial charge in [0.25, 0.3) is 0 Å². The highest BCUT2D eigenvalue weighted by atomic mass is 19.1. The Labute approximate surface area is 81.2 Å². The molecule has 5 N–H and O–H groups in total. The van der Waals surface area contributed by atoms with Crippen LogP contribution in [0.3, 0.4) is 0 Å². The van der Waals surface area contributed by atoms with Crippen molar-refractivity contribution in [1.29, 1.82) is 0 Å². The molecule has 14 heavy (non-hydrogen) atoms. The number of halogens is 1. The molecule has 0 bridgehead atoms. The predicted molar refractivity (Wildman–Crippen MR) is 52.4 cm³/mol. The Kier molecular flexibility index (Phi) is 3.44. The number of aliphatic hydroxyl groups excluding tert-OH is 1. The Hall–Kier alpha value is -1.59. The molecular formula is C9H12FN3O. The number of anilines is 1. The van der Waals surface area contributed by atoms with Crippen LogP contribution >= 0.6 is 0 Å². The van der Waals surface area contributed by atoms with Crippen LogP contribution in [0.1, 0.15) is 0 Å². The molecule has 0 heterocycles. The van der Waals surface area contributed by atoms with Gasteiger partial charge in [-0.2, -0.15) is 0 Å². The van der Waals surface area contributed by atoms with E-state index >= 15 is 0 Å². The molecule has 0 aromatic heterocycles. The molecule has 0 radical (unpaired) electrons. The van der Waals surface area contributed by atoms with E-state index in [0.717, 1.165) is 5.01 Å². The summed E-state index contributed by atoms with van der Waals surface area (Å²) in [5.74, 6) is 5.16. The fourth-order valence-corrected chi connectivity index (χ4v) is 0.931. The van der Waals surface area contributed by atoms with Gasteiger partial charge >= 0.3 is 0 Å². The molecule has 0 saturated carbocycles. The predicted octanol–water partition coefficient (Wildman–Crippen LogP) is 0.298. The van der Waals surface area contributed by atoms with E-state index in [1.165, 1.54) is 24.4 Å². The molecule has 0 atom stereocenters. The number of benzene rings is 1. The molecule has 1 aromatic carbocycles. The van der Waals surface area contributed by atoms with Gasteiger partial charge < -0.3 is 10.8 Å². The second kappa shape index (κ2) is 4.59. The minimum absolute atomic E-state index is 0.205. The van der Waals surface area contributed by atoms with E-state index in [1.54, 1.807) is 6.07 Å². The van der Waals surface area contributed by atoms with Crippen molar-refractivity contribution in [2.45, 2.75) is 0 Å². The lowest BCUT2D eigenvalue weighted by molar-refractivity contribution is 0.329. The third kappa shape index (κ3) is 2.72. The zero-order valence-electron chi connectivity index (χ0n) is 7.52. The molecule has 0 unspecified atom stereocenters. The van der Waals surface area contributed by atoms with E-state index in [1.807, 2.05) is 0 Å². The average Bonchev–Trinajstić information content (AvgIpc) is 2.17. The van der Waals surface area contributed by atoms with E-state index in [0.29, 0.717) is 5.69 Å². The molecule has 0 spiro atoms. The number of aliphatic hydroxyl groups is 1. The Morgan fingerprint density at radius 1 is 1.57 bits per heavy atom. The lowest BCUT2D eigenvalue weighted by Crippen LogP contribution is -2.26. The second-order valence-electron chi connectivity index (χ2n) is 2.75. The van der Waals surface area contributed by atoms with Crippen LogP contribution in [0.4, 0.5) is 10.1 Å². The summed E-state index contributed by atoms with van der Waals surface area (Å²) in [5, 5.41) is 9.78. The Bertz CT molecular complexity index is 341. The zero-order valence-corrected chi connectivity index (χ0v) is 7.52. The first kappa shape index (κ1) is 10.5. The normalized spacial score (nSPS) is 11.5. The molecule has 0 aliphatic carbocycles. The smallest absolute Gasteiger partial charge is 0.125 e. The lowest BCUT2D eigenvalue weighted by atomic mass is 10.3. The Morgan fingerprint density at radius 2 is 2.29 bits per heavy atom. The number of nitrogens with two attached hydrogens (primary N) is 2. The van der Waals surface area contributed by atoms with Crippen molar-refractivity contribution in [1.82, 2.24) is 0 Å². The minimum Gasteiger partial charge on any atom is -0.399 e. The molecule has 0 aliphatic heterocycles. The van der Waals surface area contributed by atoms with E-state index in [9.17, 15) is 4.39 Å². The second-order valence-corrected chi connectivity index (χ2v) is 2.75. The van der Waals surface area contributed by atoms with Crippen LogP contribution in [0, 0.1) is 5.82 Å². The van der Waals surface area contributed by atoms with Crippen LogP contribution in [0.25, 0.3) is 0 Å². The molecule has 0 fully saturated rings. The van der Waals surface area contributed by atoms with Crippen LogP contribution in [-0.2, 0) is 0 Å². The fourth-order valence-electron chi connectivity index (χ4n) is 0.931. The molecule has 5 heteroatoms. The van der Waals surface area contributed by atoms with Gasteiger partial charge in [0.2, 0.25) is 0 Å². The van der Waals surface area contributed by atoms with E-state index < -0.39 is 0 Å². The number of hydrazine groups is 1. The maximum Gasteiger partial charge on any atom is 0.125 e. The van der Waals surface area contributed by atoms with Crippen molar-refractivity contribution >= 4 is 5.69 Å². The van der Waals surface area contributed by atoms with Gasteiger partial charge in [-0.05, 0) is 18.2 Å². The molecule has 4 nitrogen and oxygen atoms in total. The standard InChI is InChI=1S/C9H12FN3O/c10-7-2-1-3-9(4-7)13(12)5-8(11)6-14/h1-5,14H,6,11-12H2/b8-5-. The molecule has 76 valence electrons. The quantitative estimate of drug-likeness (QED) is 0.481. The van der Waals surface area contributed by atoms with Crippen LogP contribution in [0.5, 0.6) is 0 Å². The summed E-state index contributed by atoms with van der Waals surface area (Å²) in [7, 11) is 0. The first-order valence-electron chi connectivity index (χ1n) is 4.00. The number of rotatable bonds is 3. The fraction of sp³-hybridized carbons (Fsp3) is 0.111. The zero-order chi connectivity index (χ0) is 10.6. The summed E-state index contributed by atoms with van der Waals surface area (Å²) < 4.78 is 12.8. The van der Waals surface area contributed by atoms with Gasteiger partial charge in [0.1, 0.15) is 5.82 Å². The summed E-state index contributed by atoms with van der Waals surface area (Å²) in [6.07, 6.45) is 1.33. The first-order valence-corrected chi connectivity index (χ1v) is 4.00. The number of nitrogens with zero attached hydrogens (tertiary/aromatic N) is 1. The third-order valence-corrected chi connectivity index (χ3v) is 1.59. The van der Waals surface area contributed by atoms with Gasteiger partial charge in [-0.1, -0.05) is 6.07 Å². The van der Waals surface area contributed by atoms with Gasteiger partial charge in [-0.3, -0.25) is 5.01 Å². The Morgan fingerprint density at radius 3 is 2.86 bits per heavy atom. The van der Waals surface area contributed by atoms with Gasteiger partial charge in [-0.25, -0.2) is 10.2 Å². The maximum atomic E-state index is 12.8. The molecule has 0 amide bonds. The topological polar surface area (TPSA) is 75.5 Å². The van der Waals surface area contributed by atoms with Crippen LogP contribution < -0.4 is 16.6 Å². The van der Waals surface area contributed by atoms with Crippen molar-refractivity contribution in [2.24, 2.45) is 11.6 Å². The highest BCUT2D eigenvalue weighted by Crippen LogP contribution is 2.12. The van der Waals surface area contributed by atoms with Crippen molar-refractivity contribution < 1.29 is 9.50 Å². The molecular weight excluding hydrogens is 185 g/mol. The van der Waals surface area contributed by atoms with Crippen LogP contribution in [0.2, 0.25) is 0 Å². The van der Waals surface area contributed by atoms with Gasteiger partial charge in [-0.15, -0.1) is 0 Å². The molecule has 0 aliphatic rings. The van der Waals surface area contributed by atoms with Gasteiger partial charge in [0, 0.05) is 6.20 Å². The largest absolute Gasteiger partial charge is 0.399 e. The summed E-state index contributed by atoms with van der Waals surface area (Å²) >= 11 is 0. The SMILES string of the molecule is N/C(=C\N(N)c1cccc(F)c1)CO. The average molecular weight is 197 g/mol. The van der Waals surface area contributed by atoms with E-state index in [4.69, 9.17) is 16.7 Å². The summed E-state index contributed by atoms with van der Waals surface area (Å²) in [4.78, 5) is 0. The first-order chi connectivity index (χ1) is 6.63. The van der Waals surface area contributed by atoms with E-state index in [2.05, 4.69) is 0 Å². The van der Waals surface area contributed by atoms with E-state index in [-0.39, 0.29) is 18.1 Å². The minimum atomic E-state index is -0.381. The Balaban J connectivity index is 2.84. The number of hydrogen-bond donors (Lipinski definition) is 3. The number of hydrogen-bond acceptors (Lipinski definition) is 4. The molecule has 1 aromatic rings. The van der Waals surface area contributed by atoms with Gasteiger partial charge in [0.15, 0.2) is 0 Å². The monoisotopic (exact) mass is 197 g/mol. The summed E-state index contributed by atoms with van der Waals surface area (Å²) in [5.41, 5.74) is 6.01. The maximum absolute atomic E-state index is 12.8. The molecule has 0 saturated heterocycles. The van der Waals surface area contributed by atoms with Crippen LogP contribution in [-0.4, -0.2) is 11.7 Å². The third-order valence-electron chi connectivity index (χ3n) is 1.59. The molecule has 1 rings (SSSR count). The van der Waals surface area contributed by atoms with Crippen LogP contribution in [0.15, 0.2) is 36.2 Å². The highest BCUT2D eigenvalue weighted by molar-refractivity contribution is 5.47. The summed E-state index contributed by atoms with van der Waals surface area (Å²) in [6, 6.07) is 5.75. The van der Waals surface area contributed by atoms with Crippen molar-refractivity contribution in [2.75, 3.05) is 11.6 Å². The van der Waals surface area contributed by atoms with Crippen molar-refractivity contribution in [3.8, 4) is 0 Å².